The maximum absolute atomic E-state index is 13.4. The molecule has 0 atom stereocenters. The molecule has 0 unspecified atom stereocenters. The van der Waals surface area contributed by atoms with E-state index in [1.165, 1.54) is 20.3 Å². The predicted octanol–water partition coefficient (Wildman–Crippen LogP) is 1.30. The Balaban J connectivity index is 3.18. The number of ether oxygens (including phenoxy) is 3. The second-order valence-electron chi connectivity index (χ2n) is 2.56. The van der Waals surface area contributed by atoms with Crippen LogP contribution >= 0.6 is 0 Å². The zero-order valence-electron chi connectivity index (χ0n) is 8.24. The molecular formula is C9H10FNO4. The van der Waals surface area contributed by atoms with Crippen LogP contribution in [0.3, 0.4) is 0 Å². The van der Waals surface area contributed by atoms with Gasteiger partial charge in [-0.25, -0.2) is 9.18 Å². The number of carbonyl (C=O) groups excluding carboxylic acids is 1. The lowest BCUT2D eigenvalue weighted by molar-refractivity contribution is 0.206. The molecule has 82 valence electrons. The first kappa shape index (κ1) is 11.1. The smallest absolute Gasteiger partial charge is 0.410 e. The molecule has 15 heavy (non-hydrogen) atoms. The number of carbonyl (C=O) groups is 1. The fourth-order valence-electron chi connectivity index (χ4n) is 1.01. The molecule has 1 rings (SSSR count). The lowest BCUT2D eigenvalue weighted by atomic mass is 10.3. The number of hydrogen-bond donors (Lipinski definition) is 1. The highest BCUT2D eigenvalue weighted by Gasteiger charge is 2.15. The number of hydrogen-bond acceptors (Lipinski definition) is 4. The van der Waals surface area contributed by atoms with Crippen molar-refractivity contribution in [2.75, 3.05) is 14.2 Å². The molecule has 0 aromatic heterocycles. The van der Waals surface area contributed by atoms with E-state index < -0.39 is 11.9 Å². The van der Waals surface area contributed by atoms with E-state index in [0.717, 1.165) is 6.07 Å². The van der Waals surface area contributed by atoms with Crippen LogP contribution in [-0.2, 0) is 0 Å². The fraction of sp³-hybridized carbons (Fsp3) is 0.222. The summed E-state index contributed by atoms with van der Waals surface area (Å²) in [5, 5.41) is 0. The largest absolute Gasteiger partial charge is 0.497 e. The molecule has 0 bridgehead atoms. The van der Waals surface area contributed by atoms with Gasteiger partial charge in [-0.05, 0) is 0 Å². The van der Waals surface area contributed by atoms with Gasteiger partial charge in [0, 0.05) is 12.1 Å². The SMILES string of the molecule is COc1cc(F)c(OC(N)=O)c(OC)c1. The number of methoxy groups -OCH3 is 2. The molecule has 2 N–H and O–H groups in total. The van der Waals surface area contributed by atoms with E-state index in [0.29, 0.717) is 0 Å². The van der Waals surface area contributed by atoms with E-state index in [9.17, 15) is 9.18 Å². The Bertz CT molecular complexity index is 381. The van der Waals surface area contributed by atoms with E-state index in [2.05, 4.69) is 4.74 Å². The number of primary amides is 1. The van der Waals surface area contributed by atoms with Crippen molar-refractivity contribution in [1.82, 2.24) is 0 Å². The Morgan fingerprint density at radius 3 is 2.47 bits per heavy atom. The van der Waals surface area contributed by atoms with Crippen molar-refractivity contribution in [3.05, 3.63) is 17.9 Å². The minimum Gasteiger partial charge on any atom is -0.497 e. The first-order valence-electron chi connectivity index (χ1n) is 3.97. The Morgan fingerprint density at radius 1 is 1.33 bits per heavy atom. The number of rotatable bonds is 3. The minimum atomic E-state index is -1.11. The van der Waals surface area contributed by atoms with E-state index in [1.807, 2.05) is 0 Å². The summed E-state index contributed by atoms with van der Waals surface area (Å²) in [6, 6.07) is 2.43. The molecule has 0 spiro atoms. The first-order chi connectivity index (χ1) is 7.08. The molecule has 1 amide bonds. The highest BCUT2D eigenvalue weighted by atomic mass is 19.1. The van der Waals surface area contributed by atoms with Crippen LogP contribution < -0.4 is 19.9 Å². The van der Waals surface area contributed by atoms with Gasteiger partial charge >= 0.3 is 6.09 Å². The van der Waals surface area contributed by atoms with E-state index >= 15 is 0 Å². The van der Waals surface area contributed by atoms with Crippen LogP contribution in [0, 0.1) is 5.82 Å². The topological polar surface area (TPSA) is 70.8 Å². The second kappa shape index (κ2) is 4.50. The van der Waals surface area contributed by atoms with Crippen molar-refractivity contribution < 1.29 is 23.4 Å². The highest BCUT2D eigenvalue weighted by molar-refractivity contribution is 5.69. The van der Waals surface area contributed by atoms with Gasteiger partial charge in [-0.3, -0.25) is 0 Å². The Hall–Kier alpha value is -1.98. The van der Waals surface area contributed by atoms with Gasteiger partial charge in [0.2, 0.25) is 5.75 Å². The molecule has 0 fully saturated rings. The summed E-state index contributed by atoms with van der Waals surface area (Å²) in [5.74, 6) is -0.859. The van der Waals surface area contributed by atoms with Gasteiger partial charge in [0.15, 0.2) is 11.6 Å². The van der Waals surface area contributed by atoms with Crippen molar-refractivity contribution >= 4 is 6.09 Å². The average Bonchev–Trinajstić information content (AvgIpc) is 2.20. The second-order valence-corrected chi connectivity index (χ2v) is 2.56. The summed E-state index contributed by atoms with van der Waals surface area (Å²) in [4.78, 5) is 10.5. The molecule has 1 aromatic rings. The average molecular weight is 215 g/mol. The molecule has 0 saturated heterocycles. The van der Waals surface area contributed by atoms with Crippen LogP contribution in [0.25, 0.3) is 0 Å². The van der Waals surface area contributed by atoms with Crippen LogP contribution in [-0.4, -0.2) is 20.3 Å². The van der Waals surface area contributed by atoms with Gasteiger partial charge in [0.25, 0.3) is 0 Å². The van der Waals surface area contributed by atoms with Crippen LogP contribution in [0.1, 0.15) is 0 Å². The number of nitrogens with two attached hydrogens (primary N) is 1. The van der Waals surface area contributed by atoms with Gasteiger partial charge < -0.3 is 19.9 Å². The predicted molar refractivity (Wildman–Crippen MR) is 49.7 cm³/mol. The van der Waals surface area contributed by atoms with Crippen LogP contribution in [0.4, 0.5) is 9.18 Å². The van der Waals surface area contributed by atoms with Gasteiger partial charge in [0.05, 0.1) is 14.2 Å². The van der Waals surface area contributed by atoms with Crippen LogP contribution in [0.5, 0.6) is 17.2 Å². The molecule has 0 aliphatic rings. The molecular weight excluding hydrogens is 205 g/mol. The first-order valence-corrected chi connectivity index (χ1v) is 3.97. The monoisotopic (exact) mass is 215 g/mol. The third-order valence-corrected chi connectivity index (χ3v) is 1.64. The molecule has 0 radical (unpaired) electrons. The van der Waals surface area contributed by atoms with Gasteiger partial charge in [0.1, 0.15) is 5.75 Å². The molecule has 0 heterocycles. The molecule has 0 aliphatic heterocycles. The number of amides is 1. The molecule has 0 saturated carbocycles. The molecule has 0 aliphatic carbocycles. The molecule has 6 heteroatoms. The standard InChI is InChI=1S/C9H10FNO4/c1-13-5-3-6(10)8(15-9(11)12)7(4-5)14-2/h3-4H,1-2H3,(H2,11,12). The summed E-state index contributed by atoms with van der Waals surface area (Å²) >= 11 is 0. The summed E-state index contributed by atoms with van der Waals surface area (Å²) in [6.45, 7) is 0. The zero-order chi connectivity index (χ0) is 11.4. The Morgan fingerprint density at radius 2 is 2.00 bits per heavy atom. The van der Waals surface area contributed by atoms with Crippen LogP contribution in [0.15, 0.2) is 12.1 Å². The molecule has 5 nitrogen and oxygen atoms in total. The van der Waals surface area contributed by atoms with Gasteiger partial charge in [-0.1, -0.05) is 0 Å². The van der Waals surface area contributed by atoms with Crippen LogP contribution in [0.2, 0.25) is 0 Å². The lowest BCUT2D eigenvalue weighted by Gasteiger charge is -2.10. The fourth-order valence-corrected chi connectivity index (χ4v) is 1.01. The summed E-state index contributed by atoms with van der Waals surface area (Å²) < 4.78 is 27.4. The van der Waals surface area contributed by atoms with E-state index in [1.54, 1.807) is 0 Å². The van der Waals surface area contributed by atoms with E-state index in [-0.39, 0.29) is 17.2 Å². The van der Waals surface area contributed by atoms with Crippen molar-refractivity contribution in [2.24, 2.45) is 5.73 Å². The Kier molecular flexibility index (Phi) is 3.33. The number of benzene rings is 1. The normalized spacial score (nSPS) is 9.53. The third-order valence-electron chi connectivity index (χ3n) is 1.64. The number of halogens is 1. The highest BCUT2D eigenvalue weighted by Crippen LogP contribution is 2.34. The van der Waals surface area contributed by atoms with Crippen molar-refractivity contribution in [1.29, 1.82) is 0 Å². The lowest BCUT2D eigenvalue weighted by Crippen LogP contribution is -2.17. The van der Waals surface area contributed by atoms with Gasteiger partial charge in [-0.15, -0.1) is 0 Å². The zero-order valence-corrected chi connectivity index (χ0v) is 8.24. The summed E-state index contributed by atoms with van der Waals surface area (Å²) in [5.41, 5.74) is 4.77. The van der Waals surface area contributed by atoms with Crippen molar-refractivity contribution in [3.8, 4) is 17.2 Å². The quantitative estimate of drug-likeness (QED) is 0.824. The van der Waals surface area contributed by atoms with Crippen molar-refractivity contribution in [3.63, 3.8) is 0 Å². The van der Waals surface area contributed by atoms with Crippen molar-refractivity contribution in [2.45, 2.75) is 0 Å². The third kappa shape index (κ3) is 2.49. The maximum atomic E-state index is 13.4. The summed E-state index contributed by atoms with van der Waals surface area (Å²) in [7, 11) is 2.69. The van der Waals surface area contributed by atoms with E-state index in [4.69, 9.17) is 15.2 Å². The molecule has 1 aromatic carbocycles. The Labute approximate surface area is 85.5 Å². The van der Waals surface area contributed by atoms with Gasteiger partial charge in [-0.2, -0.15) is 0 Å². The summed E-state index contributed by atoms with van der Waals surface area (Å²) in [6.07, 6.45) is -1.11. The minimum absolute atomic E-state index is 0.0330. The maximum Gasteiger partial charge on any atom is 0.410 e.